The number of hydrogen-bond donors (Lipinski definition) is 1. The number of aryl methyl sites for hydroxylation is 2. The van der Waals surface area contributed by atoms with Gasteiger partial charge in [-0.05, 0) is 53.6 Å². The zero-order chi connectivity index (χ0) is 13.1. The molecule has 1 aliphatic rings. The SMILES string of the molecule is OCc1cccc(SCc2ccc3c(c2)CCC3)c1. The van der Waals surface area contributed by atoms with E-state index in [4.69, 9.17) is 5.11 Å². The third-order valence-electron chi connectivity index (χ3n) is 3.65. The average Bonchev–Trinajstić information content (AvgIpc) is 2.93. The quantitative estimate of drug-likeness (QED) is 0.849. The fourth-order valence-electron chi connectivity index (χ4n) is 2.62. The second-order valence-corrected chi connectivity index (χ2v) is 6.10. The van der Waals surface area contributed by atoms with Crippen LogP contribution in [0.25, 0.3) is 0 Å². The molecule has 0 spiro atoms. The molecule has 0 fully saturated rings. The van der Waals surface area contributed by atoms with Gasteiger partial charge in [0, 0.05) is 10.6 Å². The van der Waals surface area contributed by atoms with Gasteiger partial charge in [-0.15, -0.1) is 11.8 Å². The summed E-state index contributed by atoms with van der Waals surface area (Å²) in [5.74, 6) is 1.00. The van der Waals surface area contributed by atoms with Crippen molar-refractivity contribution < 1.29 is 5.11 Å². The van der Waals surface area contributed by atoms with Gasteiger partial charge >= 0.3 is 0 Å². The van der Waals surface area contributed by atoms with Gasteiger partial charge < -0.3 is 5.11 Å². The summed E-state index contributed by atoms with van der Waals surface area (Å²) in [4.78, 5) is 1.23. The third-order valence-corrected chi connectivity index (χ3v) is 4.71. The number of fused-ring (bicyclic) bond motifs is 1. The van der Waals surface area contributed by atoms with Crippen molar-refractivity contribution in [3.8, 4) is 0 Å². The Hall–Kier alpha value is -1.25. The molecule has 1 N–H and O–H groups in total. The van der Waals surface area contributed by atoms with E-state index in [1.807, 2.05) is 23.9 Å². The maximum Gasteiger partial charge on any atom is 0.0682 e. The number of aliphatic hydroxyl groups is 1. The molecule has 0 saturated carbocycles. The first-order valence-corrected chi connectivity index (χ1v) is 7.77. The number of thioether (sulfide) groups is 1. The van der Waals surface area contributed by atoms with E-state index in [2.05, 4.69) is 30.3 Å². The molecule has 2 aromatic rings. The lowest BCUT2D eigenvalue weighted by Gasteiger charge is -2.06. The van der Waals surface area contributed by atoms with Gasteiger partial charge in [-0.3, -0.25) is 0 Å². The maximum absolute atomic E-state index is 9.14. The molecule has 2 heteroatoms. The summed E-state index contributed by atoms with van der Waals surface area (Å²) < 4.78 is 0. The summed E-state index contributed by atoms with van der Waals surface area (Å²) in [6.07, 6.45) is 3.81. The smallest absolute Gasteiger partial charge is 0.0682 e. The second kappa shape index (κ2) is 5.81. The van der Waals surface area contributed by atoms with Gasteiger partial charge in [-0.2, -0.15) is 0 Å². The van der Waals surface area contributed by atoms with Crippen LogP contribution >= 0.6 is 11.8 Å². The van der Waals surface area contributed by atoms with Crippen LogP contribution in [0.3, 0.4) is 0 Å². The number of hydrogen-bond acceptors (Lipinski definition) is 2. The third kappa shape index (κ3) is 3.02. The van der Waals surface area contributed by atoms with Crippen molar-refractivity contribution in [2.75, 3.05) is 0 Å². The van der Waals surface area contributed by atoms with Crippen molar-refractivity contribution in [2.45, 2.75) is 36.5 Å². The van der Waals surface area contributed by atoms with Crippen molar-refractivity contribution in [1.29, 1.82) is 0 Å². The fraction of sp³-hybridized carbons (Fsp3) is 0.294. The molecule has 3 rings (SSSR count). The zero-order valence-corrected chi connectivity index (χ0v) is 11.7. The number of aliphatic hydroxyl groups excluding tert-OH is 1. The fourth-order valence-corrected chi connectivity index (χ4v) is 3.54. The largest absolute Gasteiger partial charge is 0.392 e. The van der Waals surface area contributed by atoms with Crippen molar-refractivity contribution in [1.82, 2.24) is 0 Å². The number of rotatable bonds is 4. The summed E-state index contributed by atoms with van der Waals surface area (Å²) in [6, 6.07) is 15.1. The molecule has 0 amide bonds. The number of benzene rings is 2. The molecule has 0 unspecified atom stereocenters. The van der Waals surface area contributed by atoms with Gasteiger partial charge in [-0.1, -0.05) is 30.3 Å². The first-order chi connectivity index (χ1) is 9.35. The minimum Gasteiger partial charge on any atom is -0.392 e. The molecule has 0 atom stereocenters. The highest BCUT2D eigenvalue weighted by Gasteiger charge is 2.10. The lowest BCUT2D eigenvalue weighted by atomic mass is 10.1. The Balaban J connectivity index is 1.68. The minimum atomic E-state index is 0.118. The Morgan fingerprint density at radius 1 is 0.947 bits per heavy atom. The van der Waals surface area contributed by atoms with Gasteiger partial charge in [0.25, 0.3) is 0 Å². The standard InChI is InChI=1S/C17H18OS/c18-11-13-3-1-6-17(10-13)19-12-14-7-8-15-4-2-5-16(15)9-14/h1,3,6-10,18H,2,4-5,11-12H2. The molecule has 0 bridgehead atoms. The van der Waals surface area contributed by atoms with Crippen LogP contribution in [-0.4, -0.2) is 5.11 Å². The molecular weight excluding hydrogens is 252 g/mol. The predicted molar refractivity (Wildman–Crippen MR) is 80.4 cm³/mol. The van der Waals surface area contributed by atoms with Gasteiger partial charge in [0.05, 0.1) is 6.61 Å². The Morgan fingerprint density at radius 3 is 2.74 bits per heavy atom. The molecule has 0 saturated heterocycles. The van der Waals surface area contributed by atoms with Crippen LogP contribution in [-0.2, 0) is 25.2 Å². The highest BCUT2D eigenvalue weighted by Crippen LogP contribution is 2.27. The molecule has 19 heavy (non-hydrogen) atoms. The van der Waals surface area contributed by atoms with Crippen LogP contribution in [0.4, 0.5) is 0 Å². The molecule has 0 radical (unpaired) electrons. The molecular formula is C17H18OS. The molecule has 1 nitrogen and oxygen atoms in total. The van der Waals surface area contributed by atoms with Crippen molar-refractivity contribution in [2.24, 2.45) is 0 Å². The Morgan fingerprint density at radius 2 is 1.84 bits per heavy atom. The van der Waals surface area contributed by atoms with E-state index >= 15 is 0 Å². The summed E-state index contributed by atoms with van der Waals surface area (Å²) in [5.41, 5.74) is 5.47. The zero-order valence-electron chi connectivity index (χ0n) is 10.9. The van der Waals surface area contributed by atoms with Crippen LogP contribution in [0, 0.1) is 0 Å². The summed E-state index contributed by atoms with van der Waals surface area (Å²) in [6.45, 7) is 0.118. The summed E-state index contributed by atoms with van der Waals surface area (Å²) >= 11 is 1.84. The van der Waals surface area contributed by atoms with Crippen molar-refractivity contribution >= 4 is 11.8 Å². The minimum absolute atomic E-state index is 0.118. The lowest BCUT2D eigenvalue weighted by Crippen LogP contribution is -1.87. The monoisotopic (exact) mass is 270 g/mol. The van der Waals surface area contributed by atoms with Crippen LogP contribution < -0.4 is 0 Å². The molecule has 2 aromatic carbocycles. The van der Waals surface area contributed by atoms with E-state index in [1.165, 1.54) is 35.3 Å². The Labute approximate surface area is 118 Å². The van der Waals surface area contributed by atoms with Crippen LogP contribution in [0.1, 0.15) is 28.7 Å². The Kier molecular flexibility index (Phi) is 3.90. The van der Waals surface area contributed by atoms with Crippen LogP contribution in [0.15, 0.2) is 47.4 Å². The maximum atomic E-state index is 9.14. The highest BCUT2D eigenvalue weighted by molar-refractivity contribution is 7.98. The van der Waals surface area contributed by atoms with Gasteiger partial charge in [-0.25, -0.2) is 0 Å². The lowest BCUT2D eigenvalue weighted by molar-refractivity contribution is 0.281. The molecule has 0 heterocycles. The van der Waals surface area contributed by atoms with Crippen LogP contribution in [0.5, 0.6) is 0 Å². The summed E-state index contributed by atoms with van der Waals surface area (Å²) in [7, 11) is 0. The summed E-state index contributed by atoms with van der Waals surface area (Å²) in [5, 5.41) is 9.14. The predicted octanol–water partition coefficient (Wildman–Crippen LogP) is 3.96. The topological polar surface area (TPSA) is 20.2 Å². The van der Waals surface area contributed by atoms with Gasteiger partial charge in [0.2, 0.25) is 0 Å². The first-order valence-electron chi connectivity index (χ1n) is 6.78. The Bertz CT molecular complexity index is 577. The van der Waals surface area contributed by atoms with E-state index in [1.54, 1.807) is 5.56 Å². The second-order valence-electron chi connectivity index (χ2n) is 5.05. The first kappa shape index (κ1) is 12.8. The normalized spacial score (nSPS) is 13.5. The van der Waals surface area contributed by atoms with Gasteiger partial charge in [0.1, 0.15) is 0 Å². The van der Waals surface area contributed by atoms with Crippen molar-refractivity contribution in [3.05, 3.63) is 64.7 Å². The molecule has 0 aromatic heterocycles. The molecule has 0 aliphatic heterocycles. The van der Waals surface area contributed by atoms with E-state index in [0.717, 1.165) is 11.3 Å². The highest BCUT2D eigenvalue weighted by atomic mass is 32.2. The van der Waals surface area contributed by atoms with E-state index < -0.39 is 0 Å². The van der Waals surface area contributed by atoms with E-state index in [-0.39, 0.29) is 6.61 Å². The van der Waals surface area contributed by atoms with Crippen molar-refractivity contribution in [3.63, 3.8) is 0 Å². The average molecular weight is 270 g/mol. The molecule has 98 valence electrons. The van der Waals surface area contributed by atoms with Gasteiger partial charge in [0.15, 0.2) is 0 Å². The van der Waals surface area contributed by atoms with E-state index in [0.29, 0.717) is 0 Å². The van der Waals surface area contributed by atoms with Crippen LogP contribution in [0.2, 0.25) is 0 Å². The van der Waals surface area contributed by atoms with E-state index in [9.17, 15) is 0 Å². The molecule has 1 aliphatic carbocycles.